The van der Waals surface area contributed by atoms with Crippen molar-refractivity contribution in [1.29, 1.82) is 0 Å². The molecule has 0 spiro atoms. The number of para-hydroxylation sites is 1. The largest absolute Gasteiger partial charge is 0.504 e. The summed E-state index contributed by atoms with van der Waals surface area (Å²) >= 11 is 0. The van der Waals surface area contributed by atoms with Crippen LogP contribution in [0.2, 0.25) is 0 Å². The minimum Gasteiger partial charge on any atom is -0.504 e. The van der Waals surface area contributed by atoms with Crippen molar-refractivity contribution in [2.75, 3.05) is 19.4 Å². The summed E-state index contributed by atoms with van der Waals surface area (Å²) in [4.78, 5) is 12.0. The predicted molar refractivity (Wildman–Crippen MR) is 81.6 cm³/mol. The maximum Gasteiger partial charge on any atom is 0.255 e. The second-order valence-corrected chi connectivity index (χ2v) is 4.60. The monoisotopic (exact) mass is 286 g/mol. The quantitative estimate of drug-likeness (QED) is 0.733. The number of carbonyl (C=O) groups is 1. The summed E-state index contributed by atoms with van der Waals surface area (Å²) in [5.74, 6) is -0.201. The SMILES string of the molecule is COc1cccc(C(=O)NCCc2ccc(N)cc2)c1O. The summed E-state index contributed by atoms with van der Waals surface area (Å²) < 4.78 is 4.98. The highest BCUT2D eigenvalue weighted by Gasteiger charge is 2.14. The van der Waals surface area contributed by atoms with Crippen LogP contribution in [0.25, 0.3) is 0 Å². The van der Waals surface area contributed by atoms with Crippen LogP contribution >= 0.6 is 0 Å². The molecule has 0 aliphatic heterocycles. The van der Waals surface area contributed by atoms with Gasteiger partial charge < -0.3 is 20.9 Å². The van der Waals surface area contributed by atoms with Crippen molar-refractivity contribution in [3.05, 3.63) is 53.6 Å². The van der Waals surface area contributed by atoms with E-state index in [2.05, 4.69) is 5.32 Å². The number of anilines is 1. The van der Waals surface area contributed by atoms with Gasteiger partial charge in [0.05, 0.1) is 12.7 Å². The van der Waals surface area contributed by atoms with E-state index in [9.17, 15) is 9.90 Å². The number of nitrogen functional groups attached to an aromatic ring is 1. The summed E-state index contributed by atoms with van der Waals surface area (Å²) in [5, 5.41) is 12.7. The van der Waals surface area contributed by atoms with Gasteiger partial charge in [-0.25, -0.2) is 0 Å². The van der Waals surface area contributed by atoms with Crippen molar-refractivity contribution in [3.8, 4) is 11.5 Å². The number of ether oxygens (including phenoxy) is 1. The number of benzene rings is 2. The Hall–Kier alpha value is -2.69. The fourth-order valence-corrected chi connectivity index (χ4v) is 1.97. The molecule has 5 nitrogen and oxygen atoms in total. The molecule has 0 saturated carbocycles. The molecular weight excluding hydrogens is 268 g/mol. The maximum absolute atomic E-state index is 12.0. The first-order valence-electron chi connectivity index (χ1n) is 6.60. The van der Waals surface area contributed by atoms with E-state index in [0.29, 0.717) is 18.7 Å². The number of phenols is 1. The fraction of sp³-hybridized carbons (Fsp3) is 0.188. The van der Waals surface area contributed by atoms with E-state index < -0.39 is 0 Å². The number of carbonyl (C=O) groups excluding carboxylic acids is 1. The Bertz CT molecular complexity index is 624. The van der Waals surface area contributed by atoms with Crippen molar-refractivity contribution in [1.82, 2.24) is 5.32 Å². The van der Waals surface area contributed by atoms with Crippen molar-refractivity contribution in [3.63, 3.8) is 0 Å². The van der Waals surface area contributed by atoms with Crippen LogP contribution in [0.15, 0.2) is 42.5 Å². The van der Waals surface area contributed by atoms with Gasteiger partial charge >= 0.3 is 0 Å². The zero-order valence-electron chi connectivity index (χ0n) is 11.8. The standard InChI is InChI=1S/C16H18N2O3/c1-21-14-4-2-3-13(15(14)19)16(20)18-10-9-11-5-7-12(17)8-6-11/h2-8,19H,9-10,17H2,1H3,(H,18,20). The molecule has 110 valence electrons. The molecule has 1 amide bonds. The minimum atomic E-state index is -0.332. The molecule has 2 rings (SSSR count). The summed E-state index contributed by atoms with van der Waals surface area (Å²) in [6, 6.07) is 12.3. The van der Waals surface area contributed by atoms with Gasteiger partial charge in [0.1, 0.15) is 0 Å². The van der Waals surface area contributed by atoms with E-state index >= 15 is 0 Å². The molecule has 0 saturated heterocycles. The molecule has 2 aromatic carbocycles. The number of hydrogen-bond acceptors (Lipinski definition) is 4. The van der Waals surface area contributed by atoms with Crippen molar-refractivity contribution >= 4 is 11.6 Å². The van der Waals surface area contributed by atoms with Gasteiger partial charge in [-0.3, -0.25) is 4.79 Å². The molecule has 0 fully saturated rings. The van der Waals surface area contributed by atoms with Gasteiger partial charge in [0.2, 0.25) is 0 Å². The first kappa shape index (κ1) is 14.7. The summed E-state index contributed by atoms with van der Waals surface area (Å²) in [6.45, 7) is 0.472. The Morgan fingerprint density at radius 3 is 2.62 bits per heavy atom. The van der Waals surface area contributed by atoms with E-state index in [0.717, 1.165) is 5.56 Å². The number of aromatic hydroxyl groups is 1. The smallest absolute Gasteiger partial charge is 0.255 e. The lowest BCUT2D eigenvalue weighted by Gasteiger charge is -2.09. The molecule has 5 heteroatoms. The second kappa shape index (κ2) is 6.65. The normalized spacial score (nSPS) is 10.1. The van der Waals surface area contributed by atoms with Gasteiger partial charge in [0.25, 0.3) is 5.91 Å². The molecule has 0 atom stereocenters. The predicted octanol–water partition coefficient (Wildman–Crippen LogP) is 1.96. The molecule has 21 heavy (non-hydrogen) atoms. The zero-order chi connectivity index (χ0) is 15.2. The van der Waals surface area contributed by atoms with E-state index in [-0.39, 0.29) is 23.0 Å². The molecule has 0 bridgehead atoms. The van der Waals surface area contributed by atoms with Crippen molar-refractivity contribution in [2.24, 2.45) is 0 Å². The Morgan fingerprint density at radius 1 is 1.24 bits per heavy atom. The molecule has 2 aromatic rings. The molecule has 0 aromatic heterocycles. The van der Waals surface area contributed by atoms with Crippen LogP contribution in [0.4, 0.5) is 5.69 Å². The van der Waals surface area contributed by atoms with Crippen LogP contribution in [0.5, 0.6) is 11.5 Å². The van der Waals surface area contributed by atoms with Crippen LogP contribution < -0.4 is 15.8 Å². The highest BCUT2D eigenvalue weighted by atomic mass is 16.5. The first-order chi connectivity index (χ1) is 10.1. The molecule has 0 heterocycles. The van der Waals surface area contributed by atoms with Crippen molar-refractivity contribution in [2.45, 2.75) is 6.42 Å². The molecular formula is C16H18N2O3. The van der Waals surface area contributed by atoms with Gasteiger partial charge in [-0.05, 0) is 36.2 Å². The third-order valence-corrected chi connectivity index (χ3v) is 3.14. The summed E-state index contributed by atoms with van der Waals surface area (Å²) in [6.07, 6.45) is 0.691. The summed E-state index contributed by atoms with van der Waals surface area (Å²) in [7, 11) is 1.44. The number of hydrogen-bond donors (Lipinski definition) is 3. The van der Waals surface area contributed by atoms with Gasteiger partial charge in [0.15, 0.2) is 11.5 Å². The highest BCUT2D eigenvalue weighted by molar-refractivity contribution is 5.97. The third kappa shape index (κ3) is 3.66. The van der Waals surface area contributed by atoms with Gasteiger partial charge in [-0.15, -0.1) is 0 Å². The Kier molecular flexibility index (Phi) is 4.66. The lowest BCUT2D eigenvalue weighted by Crippen LogP contribution is -2.25. The molecule has 4 N–H and O–H groups in total. The molecule has 0 aliphatic carbocycles. The lowest BCUT2D eigenvalue weighted by atomic mass is 10.1. The zero-order valence-corrected chi connectivity index (χ0v) is 11.8. The number of nitrogens with one attached hydrogen (secondary N) is 1. The second-order valence-electron chi connectivity index (χ2n) is 4.60. The third-order valence-electron chi connectivity index (χ3n) is 3.14. The first-order valence-corrected chi connectivity index (χ1v) is 6.60. The van der Waals surface area contributed by atoms with Gasteiger partial charge in [-0.2, -0.15) is 0 Å². The topological polar surface area (TPSA) is 84.6 Å². The van der Waals surface area contributed by atoms with E-state index in [4.69, 9.17) is 10.5 Å². The average Bonchev–Trinajstić information content (AvgIpc) is 2.49. The van der Waals surface area contributed by atoms with Crippen LogP contribution in [-0.4, -0.2) is 24.7 Å². The number of methoxy groups -OCH3 is 1. The van der Waals surface area contributed by atoms with Crippen LogP contribution in [-0.2, 0) is 6.42 Å². The average molecular weight is 286 g/mol. The minimum absolute atomic E-state index is 0.148. The van der Waals surface area contributed by atoms with Gasteiger partial charge in [-0.1, -0.05) is 18.2 Å². The number of amides is 1. The summed E-state index contributed by atoms with van der Waals surface area (Å²) in [5.41, 5.74) is 7.61. The van der Waals surface area contributed by atoms with Gasteiger partial charge in [0, 0.05) is 12.2 Å². The van der Waals surface area contributed by atoms with Crippen LogP contribution in [0.1, 0.15) is 15.9 Å². The van der Waals surface area contributed by atoms with E-state index in [1.807, 2.05) is 24.3 Å². The highest BCUT2D eigenvalue weighted by Crippen LogP contribution is 2.29. The molecule has 0 aliphatic rings. The maximum atomic E-state index is 12.0. The van der Waals surface area contributed by atoms with E-state index in [1.54, 1.807) is 18.2 Å². The molecule has 0 unspecified atom stereocenters. The number of rotatable bonds is 5. The lowest BCUT2D eigenvalue weighted by molar-refractivity contribution is 0.0951. The Morgan fingerprint density at radius 2 is 1.95 bits per heavy atom. The van der Waals surface area contributed by atoms with Crippen molar-refractivity contribution < 1.29 is 14.6 Å². The number of nitrogens with two attached hydrogens (primary N) is 1. The van der Waals surface area contributed by atoms with E-state index in [1.165, 1.54) is 7.11 Å². The Balaban J connectivity index is 1.94. The molecule has 0 radical (unpaired) electrons. The number of phenolic OH excluding ortho intramolecular Hbond substituents is 1. The fourth-order valence-electron chi connectivity index (χ4n) is 1.97. The van der Waals surface area contributed by atoms with Crippen LogP contribution in [0.3, 0.4) is 0 Å². The Labute approximate surface area is 123 Å². The van der Waals surface area contributed by atoms with Crippen LogP contribution in [0, 0.1) is 0 Å².